The van der Waals surface area contributed by atoms with Gasteiger partial charge in [0.15, 0.2) is 4.77 Å². The Bertz CT molecular complexity index is 805. The Kier molecular flexibility index (Phi) is 3.80. The number of nitrogens with zero attached hydrogens (tertiary/aromatic N) is 1. The van der Waals surface area contributed by atoms with Gasteiger partial charge in [-0.1, -0.05) is 43.3 Å². The summed E-state index contributed by atoms with van der Waals surface area (Å²) < 4.78 is 8.33. The molecule has 0 aliphatic rings. The van der Waals surface area contributed by atoms with Gasteiger partial charge in [0.2, 0.25) is 0 Å². The summed E-state index contributed by atoms with van der Waals surface area (Å²) in [6.45, 7) is 2.18. The summed E-state index contributed by atoms with van der Waals surface area (Å²) in [5, 5.41) is 0. The van der Waals surface area contributed by atoms with Gasteiger partial charge < -0.3 is 14.3 Å². The molecule has 108 valence electrons. The van der Waals surface area contributed by atoms with E-state index in [0.29, 0.717) is 0 Å². The molecule has 0 fully saturated rings. The van der Waals surface area contributed by atoms with E-state index in [1.807, 2.05) is 18.2 Å². The number of hydrogen-bond acceptors (Lipinski definition) is 2. The Morgan fingerprint density at radius 1 is 1.14 bits per heavy atom. The number of para-hydroxylation sites is 1. The molecule has 0 aliphatic carbocycles. The van der Waals surface area contributed by atoms with Crippen LogP contribution in [0.2, 0.25) is 0 Å². The summed E-state index contributed by atoms with van der Waals surface area (Å²) in [6.07, 6.45) is 0.975. The van der Waals surface area contributed by atoms with Crippen LogP contribution in [-0.2, 0) is 0 Å². The summed E-state index contributed by atoms with van der Waals surface area (Å²) in [6, 6.07) is 16.7. The number of fused-ring (bicyclic) bond motifs is 1. The van der Waals surface area contributed by atoms with E-state index in [0.717, 1.165) is 28.0 Å². The van der Waals surface area contributed by atoms with Crippen molar-refractivity contribution in [3.63, 3.8) is 0 Å². The molecular weight excluding hydrogens is 280 g/mol. The Morgan fingerprint density at radius 2 is 1.90 bits per heavy atom. The average molecular weight is 298 g/mol. The first-order valence-corrected chi connectivity index (χ1v) is 7.49. The van der Waals surface area contributed by atoms with Crippen LogP contribution in [0.1, 0.15) is 24.9 Å². The van der Waals surface area contributed by atoms with Gasteiger partial charge in [-0.15, -0.1) is 0 Å². The molecule has 0 saturated carbocycles. The summed E-state index contributed by atoms with van der Waals surface area (Å²) in [5.41, 5.74) is 3.30. The molecule has 1 unspecified atom stereocenters. The van der Waals surface area contributed by atoms with Crippen molar-refractivity contribution in [2.24, 2.45) is 0 Å². The lowest BCUT2D eigenvalue weighted by atomic mass is 10.0. The molecule has 0 spiro atoms. The van der Waals surface area contributed by atoms with E-state index in [4.69, 9.17) is 17.0 Å². The predicted molar refractivity (Wildman–Crippen MR) is 88.5 cm³/mol. The summed E-state index contributed by atoms with van der Waals surface area (Å²) in [7, 11) is 1.68. The maximum atomic E-state index is 5.55. The molecule has 3 nitrogen and oxygen atoms in total. The molecular formula is C17H18N2OS. The van der Waals surface area contributed by atoms with Crippen LogP contribution in [0, 0.1) is 4.77 Å². The van der Waals surface area contributed by atoms with Crippen LogP contribution in [0.3, 0.4) is 0 Å². The maximum Gasteiger partial charge on any atom is 0.178 e. The van der Waals surface area contributed by atoms with E-state index in [1.165, 1.54) is 5.56 Å². The molecule has 1 N–H and O–H groups in total. The quantitative estimate of drug-likeness (QED) is 0.707. The molecule has 0 aliphatic heterocycles. The van der Waals surface area contributed by atoms with E-state index in [1.54, 1.807) is 7.11 Å². The Labute approximate surface area is 129 Å². The topological polar surface area (TPSA) is 29.9 Å². The number of hydrogen-bond donors (Lipinski definition) is 1. The first-order chi connectivity index (χ1) is 10.3. The molecule has 3 aromatic rings. The zero-order valence-electron chi connectivity index (χ0n) is 12.2. The number of methoxy groups -OCH3 is 1. The van der Waals surface area contributed by atoms with Crippen molar-refractivity contribution in [2.45, 2.75) is 19.4 Å². The Morgan fingerprint density at radius 3 is 2.57 bits per heavy atom. The second-order valence-corrected chi connectivity index (χ2v) is 5.38. The van der Waals surface area contributed by atoms with Gasteiger partial charge in [0.25, 0.3) is 0 Å². The lowest BCUT2D eigenvalue weighted by Gasteiger charge is -2.18. The number of rotatable bonds is 4. The van der Waals surface area contributed by atoms with Gasteiger partial charge in [-0.2, -0.15) is 0 Å². The number of benzene rings is 2. The number of H-pyrrole nitrogens is 1. The highest BCUT2D eigenvalue weighted by Crippen LogP contribution is 2.30. The molecule has 4 heteroatoms. The smallest absolute Gasteiger partial charge is 0.178 e. The molecule has 1 atom stereocenters. The van der Waals surface area contributed by atoms with Gasteiger partial charge in [-0.05, 0) is 36.3 Å². The lowest BCUT2D eigenvalue weighted by molar-refractivity contribution is 0.419. The van der Waals surface area contributed by atoms with E-state index in [2.05, 4.69) is 46.8 Å². The third-order valence-corrected chi connectivity index (χ3v) is 4.12. The minimum absolute atomic E-state index is 0.222. The molecule has 3 rings (SSSR count). The van der Waals surface area contributed by atoms with Crippen LogP contribution >= 0.6 is 12.2 Å². The second kappa shape index (κ2) is 5.74. The number of ether oxygens (including phenoxy) is 1. The normalized spacial score (nSPS) is 12.5. The van der Waals surface area contributed by atoms with Crippen LogP contribution in [0.4, 0.5) is 0 Å². The number of imidazole rings is 1. The number of nitrogens with one attached hydrogen (secondary N) is 1. The van der Waals surface area contributed by atoms with E-state index in [9.17, 15) is 0 Å². The molecule has 0 radical (unpaired) electrons. The van der Waals surface area contributed by atoms with Gasteiger partial charge in [-0.3, -0.25) is 0 Å². The minimum atomic E-state index is 0.222. The van der Waals surface area contributed by atoms with E-state index < -0.39 is 0 Å². The van der Waals surface area contributed by atoms with Crippen molar-refractivity contribution in [2.75, 3.05) is 7.11 Å². The third-order valence-electron chi connectivity index (χ3n) is 3.82. The van der Waals surface area contributed by atoms with Crippen molar-refractivity contribution in [3.8, 4) is 5.75 Å². The van der Waals surface area contributed by atoms with E-state index in [-0.39, 0.29) is 6.04 Å². The first-order valence-electron chi connectivity index (χ1n) is 7.08. The molecule has 1 heterocycles. The maximum absolute atomic E-state index is 5.55. The van der Waals surface area contributed by atoms with Gasteiger partial charge in [0, 0.05) is 0 Å². The molecule has 21 heavy (non-hydrogen) atoms. The summed E-state index contributed by atoms with van der Waals surface area (Å²) in [5.74, 6) is 0.820. The van der Waals surface area contributed by atoms with Crippen molar-refractivity contribution < 1.29 is 4.74 Å². The standard InChI is InChI=1S/C17H18N2OS/c1-3-13(12-8-5-4-6-9-12)19-14-10-7-11-15(20-2)16(14)18-17(19)21/h4-11,13H,3H2,1-2H3,(H,18,21). The lowest BCUT2D eigenvalue weighted by Crippen LogP contribution is -2.09. The van der Waals surface area contributed by atoms with Crippen LogP contribution in [0.25, 0.3) is 11.0 Å². The highest BCUT2D eigenvalue weighted by molar-refractivity contribution is 7.71. The van der Waals surface area contributed by atoms with Gasteiger partial charge in [-0.25, -0.2) is 0 Å². The summed E-state index contributed by atoms with van der Waals surface area (Å²) in [4.78, 5) is 3.28. The van der Waals surface area contributed by atoms with Gasteiger partial charge in [0.1, 0.15) is 11.3 Å². The second-order valence-electron chi connectivity index (χ2n) is 4.99. The molecule has 2 aromatic carbocycles. The van der Waals surface area contributed by atoms with Crippen LogP contribution in [-0.4, -0.2) is 16.7 Å². The van der Waals surface area contributed by atoms with E-state index >= 15 is 0 Å². The molecule has 0 amide bonds. The Hall–Kier alpha value is -2.07. The minimum Gasteiger partial charge on any atom is -0.494 e. The number of aromatic nitrogens is 2. The van der Waals surface area contributed by atoms with Crippen LogP contribution in [0.15, 0.2) is 48.5 Å². The van der Waals surface area contributed by atoms with Crippen LogP contribution in [0.5, 0.6) is 5.75 Å². The predicted octanol–water partition coefficient (Wildman–Crippen LogP) is 4.71. The highest BCUT2D eigenvalue weighted by Gasteiger charge is 2.17. The first kappa shape index (κ1) is 13.9. The van der Waals surface area contributed by atoms with Crippen molar-refractivity contribution in [1.29, 1.82) is 0 Å². The SMILES string of the molecule is CCC(c1ccccc1)n1c(=S)[nH]c2c(OC)cccc21. The van der Waals surface area contributed by atoms with Crippen molar-refractivity contribution in [1.82, 2.24) is 9.55 Å². The number of aromatic amines is 1. The van der Waals surface area contributed by atoms with Gasteiger partial charge in [0.05, 0.1) is 18.7 Å². The fourth-order valence-electron chi connectivity index (χ4n) is 2.84. The molecule has 0 bridgehead atoms. The zero-order chi connectivity index (χ0) is 14.8. The highest BCUT2D eigenvalue weighted by atomic mass is 32.1. The monoisotopic (exact) mass is 298 g/mol. The van der Waals surface area contributed by atoms with Crippen molar-refractivity contribution >= 4 is 23.3 Å². The third kappa shape index (κ3) is 2.36. The molecule has 1 aromatic heterocycles. The fraction of sp³-hybridized carbons (Fsp3) is 0.235. The largest absolute Gasteiger partial charge is 0.494 e. The molecule has 0 saturated heterocycles. The zero-order valence-corrected chi connectivity index (χ0v) is 13.0. The summed E-state index contributed by atoms with van der Waals surface area (Å²) >= 11 is 5.55. The average Bonchev–Trinajstić information content (AvgIpc) is 2.86. The van der Waals surface area contributed by atoms with Gasteiger partial charge >= 0.3 is 0 Å². The fourth-order valence-corrected chi connectivity index (χ4v) is 3.17. The Balaban J connectivity index is 2.24. The van der Waals surface area contributed by atoms with Crippen LogP contribution < -0.4 is 4.74 Å². The van der Waals surface area contributed by atoms with Crippen molar-refractivity contribution in [3.05, 3.63) is 58.9 Å².